The Hall–Kier alpha value is -3.36. The van der Waals surface area contributed by atoms with Crippen LogP contribution in [0.1, 0.15) is 27.8 Å². The molecule has 2 nitrogen and oxygen atoms in total. The average molecular weight is 378 g/mol. The van der Waals surface area contributed by atoms with Crippen LogP contribution in [0.25, 0.3) is 11.1 Å². The number of aliphatic hydroxyl groups excluding tert-OH is 1. The van der Waals surface area contributed by atoms with Crippen molar-refractivity contribution in [2.75, 3.05) is 7.11 Å². The number of benzene rings is 4. The summed E-state index contributed by atoms with van der Waals surface area (Å²) in [6.45, 7) is 0.0446. The second-order valence-electron chi connectivity index (χ2n) is 7.42. The summed E-state index contributed by atoms with van der Waals surface area (Å²) < 4.78 is 5.41. The van der Waals surface area contributed by atoms with Crippen LogP contribution >= 0.6 is 0 Å². The molecular weight excluding hydrogens is 356 g/mol. The van der Waals surface area contributed by atoms with E-state index in [1.165, 1.54) is 33.4 Å². The number of hydrogen-bond acceptors (Lipinski definition) is 2. The molecule has 0 radical (unpaired) electrons. The quantitative estimate of drug-likeness (QED) is 0.444. The molecule has 4 aromatic rings. The molecule has 0 fully saturated rings. The van der Waals surface area contributed by atoms with Crippen LogP contribution in [-0.4, -0.2) is 12.2 Å². The van der Waals surface area contributed by atoms with Gasteiger partial charge in [-0.15, -0.1) is 0 Å². The van der Waals surface area contributed by atoms with Crippen molar-refractivity contribution in [3.05, 3.63) is 125 Å². The van der Waals surface area contributed by atoms with Gasteiger partial charge in [-0.25, -0.2) is 0 Å². The lowest BCUT2D eigenvalue weighted by Gasteiger charge is -2.34. The first-order valence-electron chi connectivity index (χ1n) is 9.83. The Bertz CT molecular complexity index is 1060. The summed E-state index contributed by atoms with van der Waals surface area (Å²) in [5, 5.41) is 9.53. The highest BCUT2D eigenvalue weighted by Gasteiger charge is 2.45. The fourth-order valence-corrected chi connectivity index (χ4v) is 4.72. The molecule has 1 aliphatic rings. The number of rotatable bonds is 4. The average Bonchev–Trinajstić information content (AvgIpc) is 3.11. The van der Waals surface area contributed by atoms with Crippen molar-refractivity contribution < 1.29 is 9.84 Å². The molecule has 4 aromatic carbocycles. The molecule has 0 aliphatic heterocycles. The third-order valence-electron chi connectivity index (χ3n) is 6.04. The summed E-state index contributed by atoms with van der Waals surface area (Å²) >= 11 is 0. The molecule has 0 heterocycles. The summed E-state index contributed by atoms with van der Waals surface area (Å²) in [4.78, 5) is 0. The van der Waals surface area contributed by atoms with Gasteiger partial charge in [0.05, 0.1) is 19.1 Å². The number of ether oxygens (including phenoxy) is 1. The standard InChI is InChI=1S/C27H22O2/c1-29-22-16-14-21(15-17-22)27(20-12-10-19(18-28)11-13-20)25-8-4-2-6-23(25)24-7-3-5-9-26(24)27/h2-17,28H,18H2,1H3. The van der Waals surface area contributed by atoms with Crippen molar-refractivity contribution in [1.29, 1.82) is 0 Å². The molecule has 2 heteroatoms. The first kappa shape index (κ1) is 17.7. The van der Waals surface area contributed by atoms with Crippen LogP contribution in [0, 0.1) is 0 Å². The van der Waals surface area contributed by atoms with Crippen LogP contribution in [0.4, 0.5) is 0 Å². The zero-order chi connectivity index (χ0) is 19.8. The van der Waals surface area contributed by atoms with E-state index in [0.717, 1.165) is 11.3 Å². The van der Waals surface area contributed by atoms with Crippen LogP contribution in [-0.2, 0) is 12.0 Å². The SMILES string of the molecule is COc1ccc(C2(c3ccc(CO)cc3)c3ccccc3-c3ccccc32)cc1. The van der Waals surface area contributed by atoms with Crippen LogP contribution < -0.4 is 4.74 Å². The molecule has 0 atom stereocenters. The molecule has 142 valence electrons. The molecule has 0 aromatic heterocycles. The first-order valence-corrected chi connectivity index (χ1v) is 9.83. The molecule has 1 aliphatic carbocycles. The predicted octanol–water partition coefficient (Wildman–Crippen LogP) is 5.55. The molecule has 0 spiro atoms. The summed E-state index contributed by atoms with van der Waals surface area (Å²) in [5.74, 6) is 0.846. The fourth-order valence-electron chi connectivity index (χ4n) is 4.72. The maximum atomic E-state index is 9.53. The summed E-state index contributed by atoms with van der Waals surface area (Å²) in [5.41, 5.74) is 8.00. The zero-order valence-corrected chi connectivity index (χ0v) is 16.3. The summed E-state index contributed by atoms with van der Waals surface area (Å²) in [7, 11) is 1.69. The van der Waals surface area contributed by atoms with Crippen molar-refractivity contribution in [2.45, 2.75) is 12.0 Å². The lowest BCUT2D eigenvalue weighted by Crippen LogP contribution is -2.28. The Morgan fingerprint density at radius 3 is 1.62 bits per heavy atom. The minimum Gasteiger partial charge on any atom is -0.497 e. The van der Waals surface area contributed by atoms with Gasteiger partial charge in [0, 0.05) is 0 Å². The van der Waals surface area contributed by atoms with Crippen molar-refractivity contribution in [3.63, 3.8) is 0 Å². The van der Waals surface area contributed by atoms with E-state index in [4.69, 9.17) is 4.74 Å². The lowest BCUT2D eigenvalue weighted by molar-refractivity contribution is 0.282. The first-order chi connectivity index (χ1) is 14.3. The van der Waals surface area contributed by atoms with E-state index in [9.17, 15) is 5.11 Å². The minimum atomic E-state index is -0.409. The van der Waals surface area contributed by atoms with Crippen LogP contribution in [0.2, 0.25) is 0 Å². The van der Waals surface area contributed by atoms with Gasteiger partial charge in [-0.3, -0.25) is 0 Å². The van der Waals surface area contributed by atoms with E-state index in [0.29, 0.717) is 0 Å². The predicted molar refractivity (Wildman–Crippen MR) is 116 cm³/mol. The smallest absolute Gasteiger partial charge is 0.118 e. The maximum Gasteiger partial charge on any atom is 0.118 e. The Labute approximate surface area is 171 Å². The Morgan fingerprint density at radius 1 is 0.655 bits per heavy atom. The van der Waals surface area contributed by atoms with Gasteiger partial charge in [0.25, 0.3) is 0 Å². The van der Waals surface area contributed by atoms with E-state index in [2.05, 4.69) is 72.8 Å². The topological polar surface area (TPSA) is 29.5 Å². The van der Waals surface area contributed by atoms with E-state index < -0.39 is 5.41 Å². The normalized spacial score (nSPS) is 13.6. The zero-order valence-electron chi connectivity index (χ0n) is 16.3. The van der Waals surface area contributed by atoms with Crippen molar-refractivity contribution in [3.8, 4) is 16.9 Å². The molecule has 5 rings (SSSR count). The molecule has 0 saturated carbocycles. The molecule has 0 bridgehead atoms. The number of fused-ring (bicyclic) bond motifs is 3. The lowest BCUT2D eigenvalue weighted by atomic mass is 9.67. The maximum absolute atomic E-state index is 9.53. The minimum absolute atomic E-state index is 0.0446. The highest BCUT2D eigenvalue weighted by atomic mass is 16.5. The largest absolute Gasteiger partial charge is 0.497 e. The Balaban J connectivity index is 1.88. The van der Waals surface area contributed by atoms with Gasteiger partial charge in [0.15, 0.2) is 0 Å². The third-order valence-corrected chi connectivity index (χ3v) is 6.04. The molecule has 0 amide bonds. The van der Waals surface area contributed by atoms with Crippen LogP contribution in [0.3, 0.4) is 0 Å². The molecule has 1 N–H and O–H groups in total. The summed E-state index contributed by atoms with van der Waals surface area (Å²) in [6, 6.07) is 34.1. The van der Waals surface area contributed by atoms with Gasteiger partial charge < -0.3 is 9.84 Å². The van der Waals surface area contributed by atoms with Gasteiger partial charge in [0.1, 0.15) is 5.75 Å². The highest BCUT2D eigenvalue weighted by molar-refractivity contribution is 5.86. The van der Waals surface area contributed by atoms with Gasteiger partial charge in [-0.1, -0.05) is 84.9 Å². The molecular formula is C27H22O2. The highest BCUT2D eigenvalue weighted by Crippen LogP contribution is 2.55. The van der Waals surface area contributed by atoms with Gasteiger partial charge in [0.2, 0.25) is 0 Å². The second-order valence-corrected chi connectivity index (χ2v) is 7.42. The number of aliphatic hydroxyl groups is 1. The van der Waals surface area contributed by atoms with Crippen molar-refractivity contribution >= 4 is 0 Å². The van der Waals surface area contributed by atoms with Gasteiger partial charge >= 0.3 is 0 Å². The van der Waals surface area contributed by atoms with E-state index in [1.54, 1.807) is 7.11 Å². The van der Waals surface area contributed by atoms with E-state index in [-0.39, 0.29) is 6.61 Å². The molecule has 0 saturated heterocycles. The monoisotopic (exact) mass is 378 g/mol. The molecule has 0 unspecified atom stereocenters. The summed E-state index contributed by atoms with van der Waals surface area (Å²) in [6.07, 6.45) is 0. The van der Waals surface area contributed by atoms with Gasteiger partial charge in [-0.2, -0.15) is 0 Å². The third kappa shape index (κ3) is 2.53. The number of hydrogen-bond donors (Lipinski definition) is 1. The fraction of sp³-hybridized carbons (Fsp3) is 0.111. The van der Waals surface area contributed by atoms with Crippen LogP contribution in [0.15, 0.2) is 97.1 Å². The molecule has 29 heavy (non-hydrogen) atoms. The Morgan fingerprint density at radius 2 is 1.14 bits per heavy atom. The van der Waals surface area contributed by atoms with Crippen LogP contribution in [0.5, 0.6) is 5.75 Å². The Kier molecular flexibility index (Phi) is 4.22. The van der Waals surface area contributed by atoms with E-state index in [1.807, 2.05) is 24.3 Å². The number of methoxy groups -OCH3 is 1. The van der Waals surface area contributed by atoms with Crippen molar-refractivity contribution in [1.82, 2.24) is 0 Å². The van der Waals surface area contributed by atoms with Gasteiger partial charge in [-0.05, 0) is 51.1 Å². The second kappa shape index (κ2) is 6.91. The van der Waals surface area contributed by atoms with E-state index >= 15 is 0 Å². The van der Waals surface area contributed by atoms with Crippen molar-refractivity contribution in [2.24, 2.45) is 0 Å².